The summed E-state index contributed by atoms with van der Waals surface area (Å²) in [5, 5.41) is 6.28. The number of thiazole rings is 1. The van der Waals surface area contributed by atoms with E-state index in [0.29, 0.717) is 19.0 Å². The van der Waals surface area contributed by atoms with Crippen molar-refractivity contribution in [3.8, 4) is 10.6 Å². The van der Waals surface area contributed by atoms with Crippen molar-refractivity contribution < 1.29 is 19.1 Å². The Morgan fingerprint density at radius 3 is 2.38 bits per heavy atom. The van der Waals surface area contributed by atoms with E-state index in [1.807, 2.05) is 46.4 Å². The molecule has 2 aromatic rings. The van der Waals surface area contributed by atoms with Crippen LogP contribution in [-0.4, -0.2) is 46.4 Å². The van der Waals surface area contributed by atoms with Crippen LogP contribution in [0.25, 0.3) is 10.6 Å². The molecule has 1 saturated heterocycles. The lowest BCUT2D eigenvalue weighted by Gasteiger charge is -2.32. The summed E-state index contributed by atoms with van der Waals surface area (Å²) < 4.78 is 11.0. The molecule has 0 bridgehead atoms. The number of amides is 2. The smallest absolute Gasteiger partial charge is 0.410 e. The van der Waals surface area contributed by atoms with Gasteiger partial charge in [0.2, 0.25) is 0 Å². The number of carbonyl (C=O) groups excluding carboxylic acids is 2. The minimum absolute atomic E-state index is 0.0385. The van der Waals surface area contributed by atoms with Gasteiger partial charge >= 0.3 is 12.2 Å². The Balaban J connectivity index is 1.42. The number of piperidine rings is 1. The van der Waals surface area contributed by atoms with Gasteiger partial charge < -0.3 is 19.7 Å². The van der Waals surface area contributed by atoms with Crippen LogP contribution in [0, 0.1) is 0 Å². The number of benzene rings is 1. The molecular weight excluding hydrogens is 486 g/mol. The molecule has 1 aromatic heterocycles. The summed E-state index contributed by atoms with van der Waals surface area (Å²) in [5.41, 5.74) is 3.70. The zero-order valence-corrected chi connectivity index (χ0v) is 23.9. The van der Waals surface area contributed by atoms with Crippen LogP contribution in [0.1, 0.15) is 102 Å². The van der Waals surface area contributed by atoms with E-state index in [9.17, 15) is 9.59 Å². The summed E-state index contributed by atoms with van der Waals surface area (Å²) in [6.07, 6.45) is 5.27. The fraction of sp³-hybridized carbons (Fsp3) is 0.621. The monoisotopic (exact) mass is 527 g/mol. The summed E-state index contributed by atoms with van der Waals surface area (Å²) >= 11 is 1.68. The summed E-state index contributed by atoms with van der Waals surface area (Å²) in [4.78, 5) is 31.6. The normalized spacial score (nSPS) is 19.1. The lowest BCUT2D eigenvalue weighted by Crippen LogP contribution is -2.41. The first kappa shape index (κ1) is 27.4. The van der Waals surface area contributed by atoms with Gasteiger partial charge in [0.25, 0.3) is 0 Å². The standard InChI is InChI=1S/C29H41N3O4S/c1-28(2,3)35-26(33)31-23-10-8-7-9-20-17-21(11-12-22(20)23)25-30-24(18-37-25)19-13-15-32(16-14-19)27(34)36-29(4,5)6/h11-12,17-19,23H,7-10,13-16H2,1-6H3,(H,31,33). The molecule has 1 atom stereocenters. The molecule has 0 radical (unpaired) electrons. The lowest BCUT2D eigenvalue weighted by molar-refractivity contribution is 0.0203. The zero-order valence-electron chi connectivity index (χ0n) is 23.1. The summed E-state index contributed by atoms with van der Waals surface area (Å²) in [6, 6.07) is 6.49. The highest BCUT2D eigenvalue weighted by Gasteiger charge is 2.29. The predicted octanol–water partition coefficient (Wildman–Crippen LogP) is 7.22. The van der Waals surface area contributed by atoms with Crippen LogP contribution in [0.4, 0.5) is 9.59 Å². The lowest BCUT2D eigenvalue weighted by atomic mass is 9.94. The second-order valence-electron chi connectivity index (χ2n) is 12.2. The molecule has 1 aromatic carbocycles. The first-order valence-corrected chi connectivity index (χ1v) is 14.3. The molecule has 4 rings (SSSR count). The zero-order chi connectivity index (χ0) is 26.8. The first-order valence-electron chi connectivity index (χ1n) is 13.4. The van der Waals surface area contributed by atoms with Crippen LogP contribution in [0.5, 0.6) is 0 Å². The molecule has 2 heterocycles. The third-order valence-corrected chi connectivity index (χ3v) is 7.64. The van der Waals surface area contributed by atoms with Gasteiger partial charge in [0, 0.05) is 30.0 Å². The molecule has 1 aliphatic carbocycles. The van der Waals surface area contributed by atoms with Gasteiger partial charge in [0.1, 0.15) is 16.2 Å². The number of aromatic nitrogens is 1. The third-order valence-electron chi connectivity index (χ3n) is 6.73. The Morgan fingerprint density at radius 1 is 1.00 bits per heavy atom. The Bertz CT molecular complexity index is 1110. The van der Waals surface area contributed by atoms with Crippen LogP contribution in [0.15, 0.2) is 23.6 Å². The number of hydrogen-bond acceptors (Lipinski definition) is 6. The molecule has 202 valence electrons. The largest absolute Gasteiger partial charge is 0.444 e. The Kier molecular flexibility index (Phi) is 8.17. The molecular formula is C29H41N3O4S. The maximum atomic E-state index is 12.4. The maximum absolute atomic E-state index is 12.4. The van der Waals surface area contributed by atoms with Gasteiger partial charge in [-0.05, 0) is 90.8 Å². The Labute approximate surface area is 224 Å². The van der Waals surface area contributed by atoms with Crippen LogP contribution >= 0.6 is 11.3 Å². The van der Waals surface area contributed by atoms with E-state index >= 15 is 0 Å². The Morgan fingerprint density at radius 2 is 1.70 bits per heavy atom. The molecule has 2 aliphatic rings. The SMILES string of the molecule is CC(C)(C)OC(=O)NC1CCCCc2cc(-c3nc(C4CCN(C(=O)OC(C)(C)C)CC4)cs3)ccc21. The number of alkyl carbamates (subject to hydrolysis) is 1. The van der Waals surface area contributed by atoms with Crippen LogP contribution in [0.3, 0.4) is 0 Å². The highest BCUT2D eigenvalue weighted by Crippen LogP contribution is 2.36. The minimum Gasteiger partial charge on any atom is -0.444 e. The molecule has 37 heavy (non-hydrogen) atoms. The number of carbonyl (C=O) groups is 2. The third kappa shape index (κ3) is 7.46. The predicted molar refractivity (Wildman–Crippen MR) is 147 cm³/mol. The van der Waals surface area contributed by atoms with Gasteiger partial charge in [-0.2, -0.15) is 0 Å². The summed E-state index contributed by atoms with van der Waals surface area (Å²) in [5.74, 6) is 0.354. The van der Waals surface area contributed by atoms with E-state index in [0.717, 1.165) is 54.8 Å². The van der Waals surface area contributed by atoms with Crippen molar-refractivity contribution in [2.45, 2.75) is 103 Å². The second-order valence-corrected chi connectivity index (χ2v) is 13.0. The summed E-state index contributed by atoms with van der Waals surface area (Å²) in [6.45, 7) is 12.7. The van der Waals surface area contributed by atoms with Crippen molar-refractivity contribution in [2.24, 2.45) is 0 Å². The van der Waals surface area contributed by atoms with E-state index in [1.54, 1.807) is 11.3 Å². The van der Waals surface area contributed by atoms with Crippen molar-refractivity contribution in [3.05, 3.63) is 40.4 Å². The maximum Gasteiger partial charge on any atom is 0.410 e. The number of aryl methyl sites for hydroxylation is 1. The molecule has 1 aliphatic heterocycles. The minimum atomic E-state index is -0.517. The quantitative estimate of drug-likeness (QED) is 0.426. The van der Waals surface area contributed by atoms with Crippen LogP contribution in [-0.2, 0) is 15.9 Å². The highest BCUT2D eigenvalue weighted by molar-refractivity contribution is 7.13. The average Bonchev–Trinajstić information content (AvgIpc) is 3.21. The van der Waals surface area contributed by atoms with Crippen LogP contribution in [0.2, 0.25) is 0 Å². The molecule has 1 N–H and O–H groups in total. The van der Waals surface area contributed by atoms with Gasteiger partial charge in [-0.1, -0.05) is 18.6 Å². The van der Waals surface area contributed by atoms with Crippen molar-refractivity contribution in [2.75, 3.05) is 13.1 Å². The van der Waals surface area contributed by atoms with Crippen molar-refractivity contribution in [1.29, 1.82) is 0 Å². The summed E-state index contributed by atoms with van der Waals surface area (Å²) in [7, 11) is 0. The van der Waals surface area contributed by atoms with Crippen molar-refractivity contribution in [1.82, 2.24) is 15.2 Å². The molecule has 7 nitrogen and oxygen atoms in total. The van der Waals surface area contributed by atoms with E-state index < -0.39 is 11.2 Å². The number of nitrogens with zero attached hydrogens (tertiary/aromatic N) is 2. The average molecular weight is 528 g/mol. The van der Waals surface area contributed by atoms with Gasteiger partial charge in [-0.3, -0.25) is 0 Å². The van der Waals surface area contributed by atoms with Gasteiger partial charge in [0.15, 0.2) is 0 Å². The van der Waals surface area contributed by atoms with Gasteiger partial charge in [-0.15, -0.1) is 11.3 Å². The van der Waals surface area contributed by atoms with Gasteiger partial charge in [0.05, 0.1) is 11.7 Å². The number of fused-ring (bicyclic) bond motifs is 1. The Hall–Kier alpha value is -2.61. The number of rotatable bonds is 3. The van der Waals surface area contributed by atoms with E-state index in [2.05, 4.69) is 28.9 Å². The molecule has 2 amide bonds. The van der Waals surface area contributed by atoms with E-state index in [4.69, 9.17) is 14.5 Å². The van der Waals surface area contributed by atoms with E-state index in [1.165, 1.54) is 11.1 Å². The van der Waals surface area contributed by atoms with E-state index in [-0.39, 0.29) is 18.2 Å². The second kappa shape index (κ2) is 11.0. The van der Waals surface area contributed by atoms with Crippen molar-refractivity contribution in [3.63, 3.8) is 0 Å². The molecule has 1 unspecified atom stereocenters. The van der Waals surface area contributed by atoms with Crippen molar-refractivity contribution >= 4 is 23.5 Å². The van der Waals surface area contributed by atoms with Gasteiger partial charge in [-0.25, -0.2) is 14.6 Å². The molecule has 0 saturated carbocycles. The van der Waals surface area contributed by atoms with Crippen LogP contribution < -0.4 is 5.32 Å². The number of likely N-dealkylation sites (tertiary alicyclic amines) is 1. The molecule has 0 spiro atoms. The molecule has 8 heteroatoms. The fourth-order valence-electron chi connectivity index (χ4n) is 5.00. The highest BCUT2D eigenvalue weighted by atomic mass is 32.1. The first-order chi connectivity index (χ1) is 17.4. The number of hydrogen-bond donors (Lipinski definition) is 1. The fourth-order valence-corrected chi connectivity index (χ4v) is 5.90. The topological polar surface area (TPSA) is 80.8 Å². The number of nitrogens with one attached hydrogen (secondary N) is 1. The molecule has 1 fully saturated rings. The number of ether oxygens (including phenoxy) is 2.